The summed E-state index contributed by atoms with van der Waals surface area (Å²) >= 11 is 1.32. The molecule has 2 heterocycles. The average Bonchev–Trinajstić information content (AvgIpc) is 3.36. The fourth-order valence-electron chi connectivity index (χ4n) is 4.04. The summed E-state index contributed by atoms with van der Waals surface area (Å²) in [4.78, 5) is 35.5. The van der Waals surface area contributed by atoms with E-state index in [0.29, 0.717) is 48.3 Å². The van der Waals surface area contributed by atoms with E-state index >= 15 is 0 Å². The zero-order valence-corrected chi connectivity index (χ0v) is 21.4. The van der Waals surface area contributed by atoms with Gasteiger partial charge < -0.3 is 20.0 Å². The molecule has 0 bridgehead atoms. The highest BCUT2D eigenvalue weighted by atomic mass is 32.1. The molecule has 196 valence electrons. The van der Waals surface area contributed by atoms with Crippen LogP contribution in [0.25, 0.3) is 0 Å². The molecule has 0 spiro atoms. The summed E-state index contributed by atoms with van der Waals surface area (Å²) in [5, 5.41) is 5.20. The zero-order valence-electron chi connectivity index (χ0n) is 20.5. The van der Waals surface area contributed by atoms with Crippen molar-refractivity contribution in [1.82, 2.24) is 14.8 Å². The number of nitrogens with one attached hydrogen (secondary N) is 1. The van der Waals surface area contributed by atoms with Crippen molar-refractivity contribution in [3.05, 3.63) is 76.2 Å². The topological polar surface area (TPSA) is 68.8 Å². The number of hydrogen-bond acceptors (Lipinski definition) is 5. The van der Waals surface area contributed by atoms with E-state index in [9.17, 15) is 22.8 Å². The highest BCUT2D eigenvalue weighted by Gasteiger charge is 2.31. The summed E-state index contributed by atoms with van der Waals surface area (Å²) in [6.07, 6.45) is -4.40. The van der Waals surface area contributed by atoms with Gasteiger partial charge in [-0.1, -0.05) is 24.3 Å². The first-order chi connectivity index (χ1) is 17.6. The van der Waals surface area contributed by atoms with Crippen LogP contribution < -0.4 is 10.2 Å². The third-order valence-corrected chi connectivity index (χ3v) is 6.92. The van der Waals surface area contributed by atoms with Gasteiger partial charge in [-0.3, -0.25) is 4.79 Å². The number of thiazole rings is 1. The molecule has 1 aliphatic heterocycles. The fraction of sp³-hybridized carbons (Fsp3) is 0.346. The van der Waals surface area contributed by atoms with Crippen molar-refractivity contribution in [3.8, 4) is 0 Å². The smallest absolute Gasteiger partial charge is 0.368 e. The molecule has 1 aromatic heterocycles. The van der Waals surface area contributed by atoms with Gasteiger partial charge in [0.2, 0.25) is 0 Å². The molecule has 11 heteroatoms. The van der Waals surface area contributed by atoms with Crippen molar-refractivity contribution in [2.75, 3.05) is 36.4 Å². The quantitative estimate of drug-likeness (QED) is 0.452. The number of para-hydroxylation sites is 1. The number of halogens is 3. The average molecular weight is 532 g/mol. The molecule has 1 N–H and O–H groups in total. The first-order valence-corrected chi connectivity index (χ1v) is 12.8. The lowest BCUT2D eigenvalue weighted by Gasteiger charge is -2.36. The van der Waals surface area contributed by atoms with Crippen LogP contribution in [0.2, 0.25) is 0 Å². The number of piperazine rings is 1. The summed E-state index contributed by atoms with van der Waals surface area (Å²) in [5.41, 5.74) is 0.795. The molecule has 2 aromatic carbocycles. The van der Waals surface area contributed by atoms with E-state index < -0.39 is 11.7 Å². The van der Waals surface area contributed by atoms with Gasteiger partial charge in [-0.2, -0.15) is 13.2 Å². The first kappa shape index (κ1) is 26.5. The van der Waals surface area contributed by atoms with Crippen LogP contribution in [0.1, 0.15) is 34.9 Å². The number of urea groups is 1. The van der Waals surface area contributed by atoms with Gasteiger partial charge in [-0.15, -0.1) is 11.3 Å². The lowest BCUT2D eigenvalue weighted by molar-refractivity contribution is -0.137. The van der Waals surface area contributed by atoms with Crippen LogP contribution in [0.15, 0.2) is 60.0 Å². The molecule has 0 saturated carbocycles. The van der Waals surface area contributed by atoms with Crippen molar-refractivity contribution in [3.63, 3.8) is 0 Å². The molecule has 0 unspecified atom stereocenters. The molecular weight excluding hydrogens is 503 g/mol. The number of hydrogen-bond donors (Lipinski definition) is 1. The van der Waals surface area contributed by atoms with Gasteiger partial charge >= 0.3 is 12.2 Å². The lowest BCUT2D eigenvalue weighted by atomic mass is 10.1. The Morgan fingerprint density at radius 3 is 2.41 bits per heavy atom. The Morgan fingerprint density at radius 1 is 1.05 bits per heavy atom. The predicted molar refractivity (Wildman–Crippen MR) is 138 cm³/mol. The minimum atomic E-state index is -4.40. The number of carbonyl (C=O) groups excluding carboxylic acids is 2. The van der Waals surface area contributed by atoms with E-state index in [1.807, 2.05) is 49.1 Å². The zero-order chi connectivity index (χ0) is 26.6. The molecule has 1 saturated heterocycles. The molecule has 7 nitrogen and oxygen atoms in total. The maximum absolute atomic E-state index is 13.1. The molecule has 4 rings (SSSR count). The van der Waals surface area contributed by atoms with Crippen LogP contribution in [0.3, 0.4) is 0 Å². The van der Waals surface area contributed by atoms with Gasteiger partial charge in [-0.05, 0) is 44.2 Å². The Labute approximate surface area is 217 Å². The van der Waals surface area contributed by atoms with E-state index in [0.717, 1.165) is 12.1 Å². The highest BCUT2D eigenvalue weighted by molar-refractivity contribution is 7.09. The molecule has 1 aliphatic rings. The Morgan fingerprint density at radius 2 is 1.76 bits per heavy atom. The van der Waals surface area contributed by atoms with Crippen LogP contribution >= 0.6 is 11.3 Å². The highest BCUT2D eigenvalue weighted by Crippen LogP contribution is 2.32. The van der Waals surface area contributed by atoms with Crippen molar-refractivity contribution >= 4 is 34.6 Å². The van der Waals surface area contributed by atoms with Crippen LogP contribution in [0.5, 0.6) is 0 Å². The second kappa shape index (κ2) is 11.2. The third-order valence-electron chi connectivity index (χ3n) is 6.09. The van der Waals surface area contributed by atoms with Crippen LogP contribution in [0, 0.1) is 0 Å². The largest absolute Gasteiger partial charge is 0.416 e. The molecule has 37 heavy (non-hydrogen) atoms. The monoisotopic (exact) mass is 531 g/mol. The maximum atomic E-state index is 13.1. The molecule has 0 atom stereocenters. The van der Waals surface area contributed by atoms with Crippen molar-refractivity contribution in [2.45, 2.75) is 32.6 Å². The van der Waals surface area contributed by atoms with E-state index in [-0.39, 0.29) is 24.5 Å². The van der Waals surface area contributed by atoms with Crippen molar-refractivity contribution in [1.29, 1.82) is 0 Å². The van der Waals surface area contributed by atoms with Crippen molar-refractivity contribution < 1.29 is 22.8 Å². The minimum Gasteiger partial charge on any atom is -0.368 e. The molecule has 3 aromatic rings. The standard InChI is InChI=1S/C26H28F3N5O2S/c1-18(2)34(25(36)30-20-8-4-3-5-9-20)16-23-31-22(17-37-23)24(35)33-13-11-32(12-14-33)21-10-6-7-19(15-21)26(27,28)29/h3-10,15,17-18H,11-14,16H2,1-2H3,(H,30,36). The summed E-state index contributed by atoms with van der Waals surface area (Å²) < 4.78 is 39.2. The number of anilines is 2. The summed E-state index contributed by atoms with van der Waals surface area (Å²) in [5.74, 6) is -0.226. The van der Waals surface area contributed by atoms with Gasteiger partial charge in [0.1, 0.15) is 10.7 Å². The van der Waals surface area contributed by atoms with Gasteiger partial charge in [0, 0.05) is 49.0 Å². The first-order valence-electron chi connectivity index (χ1n) is 11.9. The number of nitrogens with zero attached hydrogens (tertiary/aromatic N) is 4. The lowest BCUT2D eigenvalue weighted by Crippen LogP contribution is -2.49. The van der Waals surface area contributed by atoms with Crippen molar-refractivity contribution in [2.24, 2.45) is 0 Å². The summed E-state index contributed by atoms with van der Waals surface area (Å²) in [6.45, 7) is 5.68. The molecular formula is C26H28F3N5O2S. The van der Waals surface area contributed by atoms with Gasteiger partial charge in [0.15, 0.2) is 0 Å². The van der Waals surface area contributed by atoms with E-state index in [1.54, 1.807) is 21.2 Å². The number of rotatable bonds is 6. The van der Waals surface area contributed by atoms with Gasteiger partial charge in [0.25, 0.3) is 5.91 Å². The normalized spacial score (nSPS) is 14.1. The number of aromatic nitrogens is 1. The predicted octanol–water partition coefficient (Wildman–Crippen LogP) is 5.57. The molecule has 1 fully saturated rings. The fourth-order valence-corrected chi connectivity index (χ4v) is 4.81. The summed E-state index contributed by atoms with van der Waals surface area (Å²) in [6, 6.07) is 14.1. The second-order valence-corrected chi connectivity index (χ2v) is 9.91. The van der Waals surface area contributed by atoms with Crippen LogP contribution in [-0.2, 0) is 12.7 Å². The van der Waals surface area contributed by atoms with Gasteiger partial charge in [-0.25, -0.2) is 9.78 Å². The van der Waals surface area contributed by atoms with Crippen LogP contribution in [0.4, 0.5) is 29.3 Å². The minimum absolute atomic E-state index is 0.0873. The molecule has 3 amide bonds. The maximum Gasteiger partial charge on any atom is 0.416 e. The number of amides is 3. The summed E-state index contributed by atoms with van der Waals surface area (Å²) in [7, 11) is 0. The van der Waals surface area contributed by atoms with Gasteiger partial charge in [0.05, 0.1) is 12.1 Å². The SMILES string of the molecule is CC(C)N(Cc1nc(C(=O)N2CCN(c3cccc(C(F)(F)F)c3)CC2)cs1)C(=O)Nc1ccccc1. The molecule has 0 radical (unpaired) electrons. The molecule has 0 aliphatic carbocycles. The van der Waals surface area contributed by atoms with E-state index in [1.165, 1.54) is 17.4 Å². The Balaban J connectivity index is 1.35. The Kier molecular flexibility index (Phi) is 8.01. The number of benzene rings is 2. The Bertz CT molecular complexity index is 1220. The Hall–Kier alpha value is -3.60. The number of carbonyl (C=O) groups is 2. The van der Waals surface area contributed by atoms with E-state index in [2.05, 4.69) is 10.3 Å². The third kappa shape index (κ3) is 6.59. The second-order valence-electron chi connectivity index (χ2n) is 8.97. The van der Waals surface area contributed by atoms with E-state index in [4.69, 9.17) is 0 Å². The van der Waals surface area contributed by atoms with Crippen LogP contribution in [-0.4, -0.2) is 58.9 Å². The number of alkyl halides is 3.